The van der Waals surface area contributed by atoms with Gasteiger partial charge in [-0.15, -0.1) is 0 Å². The molecule has 0 aromatic carbocycles. The maximum atomic E-state index is 13.3. The van der Waals surface area contributed by atoms with Crippen LogP contribution in [0.2, 0.25) is 0 Å². The molecule has 7 rings (SSSR count). The summed E-state index contributed by atoms with van der Waals surface area (Å²) >= 11 is 0. The number of unbranched alkanes of at least 4 members (excludes halogenated alkanes) is 10. The molecule has 3 saturated heterocycles. The number of aliphatic hydroxyl groups is 1. The molecule has 7 aliphatic rings. The predicted octanol–water partition coefficient (Wildman–Crippen LogP) is 8.25. The summed E-state index contributed by atoms with van der Waals surface area (Å²) in [6.45, 7) is 6.90. The number of fused-ring (bicyclic) bond motifs is 5. The molecule has 0 aromatic rings. The molecule has 3 heterocycles. The van der Waals surface area contributed by atoms with Crippen LogP contribution in [0.25, 0.3) is 0 Å². The Labute approximate surface area is 321 Å². The molecule has 4 unspecified atom stereocenters. The molecule has 6 atom stereocenters. The Hall–Kier alpha value is -1.30. The van der Waals surface area contributed by atoms with Gasteiger partial charge in [-0.3, -0.25) is 14.5 Å². The van der Waals surface area contributed by atoms with E-state index in [0.29, 0.717) is 44.3 Å². The Kier molecular flexibility index (Phi) is 19.2. The molecular weight excluding hydrogens is 674 g/mol. The van der Waals surface area contributed by atoms with E-state index in [0.717, 1.165) is 51.5 Å². The second-order valence-electron chi connectivity index (χ2n) is 16.8. The Bertz CT molecular complexity index is 999. The first-order chi connectivity index (χ1) is 26.0. The Morgan fingerprint density at radius 3 is 1.94 bits per heavy atom. The van der Waals surface area contributed by atoms with E-state index in [1.54, 1.807) is 0 Å². The number of rotatable bonds is 28. The van der Waals surface area contributed by atoms with Crippen molar-refractivity contribution in [1.29, 1.82) is 0 Å². The van der Waals surface area contributed by atoms with Gasteiger partial charge >= 0.3 is 11.9 Å². The average molecular weight is 750 g/mol. The fourth-order valence-electron chi connectivity index (χ4n) is 9.94. The van der Waals surface area contributed by atoms with Crippen LogP contribution in [-0.4, -0.2) is 97.9 Å². The highest BCUT2D eigenvalue weighted by Gasteiger charge is 2.51. The van der Waals surface area contributed by atoms with Crippen LogP contribution in [0.3, 0.4) is 0 Å². The van der Waals surface area contributed by atoms with Gasteiger partial charge in [0.25, 0.3) is 0 Å². The van der Waals surface area contributed by atoms with Gasteiger partial charge in [-0.05, 0) is 69.6 Å². The quantitative estimate of drug-likeness (QED) is 0.0477. The van der Waals surface area contributed by atoms with Crippen molar-refractivity contribution in [1.82, 2.24) is 4.90 Å². The minimum Gasteiger partial charge on any atom is -0.464 e. The number of esters is 2. The summed E-state index contributed by atoms with van der Waals surface area (Å²) in [5, 5.41) is 9.63. The van der Waals surface area contributed by atoms with Crippen molar-refractivity contribution in [2.24, 2.45) is 17.8 Å². The molecule has 3 aliphatic heterocycles. The molecule has 306 valence electrons. The number of ether oxygens (including phenoxy) is 6. The van der Waals surface area contributed by atoms with E-state index in [-0.39, 0.29) is 80.6 Å². The van der Waals surface area contributed by atoms with Crippen LogP contribution in [0.1, 0.15) is 168 Å². The lowest BCUT2D eigenvalue weighted by atomic mass is 9.67. The number of carbonyl (C=O) groups excluding carboxylic acids is 2. The van der Waals surface area contributed by atoms with Crippen molar-refractivity contribution >= 4 is 11.9 Å². The van der Waals surface area contributed by atoms with Gasteiger partial charge in [0.15, 0.2) is 12.6 Å². The van der Waals surface area contributed by atoms with Gasteiger partial charge in [0, 0.05) is 57.6 Å². The molecule has 0 aromatic heterocycles. The molecule has 10 nitrogen and oxygen atoms in total. The van der Waals surface area contributed by atoms with Crippen molar-refractivity contribution in [3.8, 4) is 0 Å². The van der Waals surface area contributed by atoms with Gasteiger partial charge in [-0.2, -0.15) is 0 Å². The van der Waals surface area contributed by atoms with Gasteiger partial charge in [0.05, 0.1) is 31.1 Å². The van der Waals surface area contributed by atoms with E-state index in [4.69, 9.17) is 28.4 Å². The molecular formula is C43H75NO9. The van der Waals surface area contributed by atoms with Crippen LogP contribution >= 0.6 is 0 Å². The van der Waals surface area contributed by atoms with Crippen LogP contribution in [0.4, 0.5) is 0 Å². The first kappa shape index (κ1) is 42.8. The molecule has 0 amide bonds. The summed E-state index contributed by atoms with van der Waals surface area (Å²) in [5.41, 5.74) is 0. The summed E-state index contributed by atoms with van der Waals surface area (Å²) in [5.74, 6) is 0.841. The highest BCUT2D eigenvalue weighted by Crippen LogP contribution is 2.48. The van der Waals surface area contributed by atoms with Crippen LogP contribution in [0.5, 0.6) is 0 Å². The fourth-order valence-corrected chi connectivity index (χ4v) is 9.94. The maximum Gasteiger partial charge on any atom is 0.306 e. The Morgan fingerprint density at radius 1 is 0.736 bits per heavy atom. The first-order valence-electron chi connectivity index (χ1n) is 22.3. The summed E-state index contributed by atoms with van der Waals surface area (Å²) in [6, 6.07) is 0.198. The molecule has 0 radical (unpaired) electrons. The smallest absolute Gasteiger partial charge is 0.306 e. The zero-order valence-electron chi connectivity index (χ0n) is 33.4. The zero-order valence-corrected chi connectivity index (χ0v) is 33.4. The summed E-state index contributed by atoms with van der Waals surface area (Å²) < 4.78 is 37.1. The normalized spacial score (nSPS) is 30.6. The number of carbonyl (C=O) groups is 2. The average Bonchev–Trinajstić information content (AvgIpc) is 3.64. The Morgan fingerprint density at radius 2 is 1.34 bits per heavy atom. The topological polar surface area (TPSA) is 113 Å². The summed E-state index contributed by atoms with van der Waals surface area (Å²) in [7, 11) is 0. The van der Waals surface area contributed by atoms with Crippen molar-refractivity contribution < 1.29 is 43.1 Å². The number of aliphatic hydroxyl groups excluding tert-OH is 1. The third-order valence-electron chi connectivity index (χ3n) is 12.9. The SMILES string of the molecule is CCCCCCCCOC(CCC(=O)O[C@@H]1CC2CCC1[C@@H](COC(=O)CCC1OC3C4CCC(CC4)C3O1)N2CCCO)OCCCCCCCC. The second-order valence-corrected chi connectivity index (χ2v) is 16.8. The Balaban J connectivity index is 1.06. The molecule has 53 heavy (non-hydrogen) atoms. The van der Waals surface area contributed by atoms with Gasteiger partial charge in [-0.1, -0.05) is 78.1 Å². The van der Waals surface area contributed by atoms with Crippen LogP contribution in [-0.2, 0) is 38.0 Å². The van der Waals surface area contributed by atoms with Gasteiger partial charge in [-0.25, -0.2) is 0 Å². The molecule has 1 N–H and O–H groups in total. The molecule has 4 aliphatic carbocycles. The third kappa shape index (κ3) is 13.4. The monoisotopic (exact) mass is 750 g/mol. The maximum absolute atomic E-state index is 13.3. The number of hydrogen-bond acceptors (Lipinski definition) is 10. The highest BCUT2D eigenvalue weighted by atomic mass is 16.7. The number of hydrogen-bond donors (Lipinski definition) is 1. The molecule has 0 spiro atoms. The van der Waals surface area contributed by atoms with Crippen molar-refractivity contribution in [3.05, 3.63) is 0 Å². The van der Waals surface area contributed by atoms with Gasteiger partial charge in [0.1, 0.15) is 12.7 Å². The second kappa shape index (κ2) is 23.7. The minimum atomic E-state index is -0.392. The lowest BCUT2D eigenvalue weighted by Crippen LogP contribution is -2.62. The largest absolute Gasteiger partial charge is 0.464 e. The fraction of sp³-hybridized carbons (Fsp3) is 0.953. The van der Waals surface area contributed by atoms with E-state index in [1.165, 1.54) is 77.0 Å². The van der Waals surface area contributed by atoms with Gasteiger partial charge in [0.2, 0.25) is 0 Å². The number of piperidine rings is 2. The standard InChI is InChI=1S/C43H75NO9/c1-3-5-7-9-11-13-28-48-40(49-29-14-12-10-8-6-4-2)24-23-39(47)51-37-30-34-20-21-35(37)36(44(34)26-15-27-45)31-50-38(46)22-25-41-52-42-32-16-17-33(19-18-32)43(42)53-41/h32-37,40-43,45H,3-31H2,1-2H3/t32?,33?,34?,35?,36-,37-,41?,42?,43?/m1/s1. The van der Waals surface area contributed by atoms with Gasteiger partial charge < -0.3 is 33.5 Å². The molecule has 10 heteroatoms. The van der Waals surface area contributed by atoms with E-state index in [2.05, 4.69) is 18.7 Å². The molecule has 4 saturated carbocycles. The van der Waals surface area contributed by atoms with Crippen molar-refractivity contribution in [3.63, 3.8) is 0 Å². The highest BCUT2D eigenvalue weighted by molar-refractivity contribution is 5.70. The molecule has 7 fully saturated rings. The van der Waals surface area contributed by atoms with E-state index in [1.807, 2.05) is 0 Å². The minimum absolute atomic E-state index is 0.0395. The van der Waals surface area contributed by atoms with E-state index in [9.17, 15) is 14.7 Å². The third-order valence-corrected chi connectivity index (χ3v) is 12.9. The molecule has 4 bridgehead atoms. The van der Waals surface area contributed by atoms with Crippen molar-refractivity contribution in [2.75, 3.05) is 33.0 Å². The van der Waals surface area contributed by atoms with Crippen LogP contribution < -0.4 is 0 Å². The van der Waals surface area contributed by atoms with Crippen molar-refractivity contribution in [2.45, 2.75) is 211 Å². The number of nitrogens with zero attached hydrogens (tertiary/aromatic N) is 1. The lowest BCUT2D eigenvalue weighted by Gasteiger charge is -2.54. The van der Waals surface area contributed by atoms with E-state index >= 15 is 0 Å². The summed E-state index contributed by atoms with van der Waals surface area (Å²) in [4.78, 5) is 28.8. The zero-order chi connectivity index (χ0) is 37.3. The lowest BCUT2D eigenvalue weighted by molar-refractivity contribution is -0.178. The first-order valence-corrected chi connectivity index (χ1v) is 22.3. The predicted molar refractivity (Wildman–Crippen MR) is 204 cm³/mol. The summed E-state index contributed by atoms with van der Waals surface area (Å²) in [6.07, 6.45) is 23.8. The van der Waals surface area contributed by atoms with E-state index < -0.39 is 6.29 Å². The van der Waals surface area contributed by atoms with Crippen LogP contribution in [0, 0.1) is 17.8 Å². The van der Waals surface area contributed by atoms with Crippen LogP contribution in [0.15, 0.2) is 0 Å².